The highest BCUT2D eigenvalue weighted by atomic mass is 32.1. The highest BCUT2D eigenvalue weighted by Crippen LogP contribution is 2.17. The second-order valence-electron chi connectivity index (χ2n) is 7.44. The van der Waals surface area contributed by atoms with E-state index in [0.29, 0.717) is 5.01 Å². The van der Waals surface area contributed by atoms with Gasteiger partial charge in [0.25, 0.3) is 0 Å². The Hall–Kier alpha value is -2.56. The number of cyclic esters (lactones) is 2. The lowest BCUT2D eigenvalue weighted by Crippen LogP contribution is -2.43. The van der Waals surface area contributed by atoms with Crippen LogP contribution in [0.15, 0.2) is 29.7 Å². The summed E-state index contributed by atoms with van der Waals surface area (Å²) in [6.07, 6.45) is 0.467. The number of aryl methyl sites for hydroxylation is 1. The number of hydrogen-bond acceptors (Lipinski definition) is 9. The van der Waals surface area contributed by atoms with E-state index in [0.717, 1.165) is 11.8 Å². The van der Waals surface area contributed by atoms with Crippen LogP contribution in [0.2, 0.25) is 0 Å². The Morgan fingerprint density at radius 1 is 1.10 bits per heavy atom. The standard InChI is InChI=1S/C21H28N2O7S/c1-12-11-31-18(22-12)10-23-14(3)16(24)6-8-20(27)29-13(2)9-21(28)30-15(4)17(25)5-7-19(23)26/h5-8,11,13-17,24-25H,9-10H2,1-4H3/b7-5+,8-6+/t13-,14-,15-,16+,17+/m0/s1. The fourth-order valence-corrected chi connectivity index (χ4v) is 3.61. The normalized spacial score (nSPS) is 31.1. The number of amides is 1. The maximum atomic E-state index is 12.9. The first kappa shape index (κ1) is 24.7. The van der Waals surface area contributed by atoms with E-state index in [1.807, 2.05) is 12.3 Å². The maximum absolute atomic E-state index is 12.9. The van der Waals surface area contributed by atoms with Crippen molar-refractivity contribution in [1.82, 2.24) is 9.88 Å². The van der Waals surface area contributed by atoms with Gasteiger partial charge in [0.15, 0.2) is 0 Å². The predicted octanol–water partition coefficient (Wildman–Crippen LogP) is 1.27. The number of carbonyl (C=O) groups excluding carboxylic acids is 3. The number of rotatable bonds is 2. The van der Waals surface area contributed by atoms with Crippen LogP contribution in [-0.2, 0) is 30.4 Å². The van der Waals surface area contributed by atoms with Crippen molar-refractivity contribution in [3.8, 4) is 0 Å². The Balaban J connectivity index is 2.32. The molecule has 0 aromatic carbocycles. The van der Waals surface area contributed by atoms with Crippen LogP contribution in [0.5, 0.6) is 0 Å². The van der Waals surface area contributed by atoms with E-state index in [1.54, 1.807) is 6.92 Å². The minimum atomic E-state index is -1.22. The van der Waals surface area contributed by atoms with Gasteiger partial charge in [-0.1, -0.05) is 0 Å². The van der Waals surface area contributed by atoms with Gasteiger partial charge in [-0.05, 0) is 39.8 Å². The molecular weight excluding hydrogens is 424 g/mol. The summed E-state index contributed by atoms with van der Waals surface area (Å²) < 4.78 is 10.3. The fraction of sp³-hybridized carbons (Fsp3) is 0.524. The molecule has 1 aromatic rings. The van der Waals surface area contributed by atoms with Crippen molar-refractivity contribution in [2.24, 2.45) is 0 Å². The van der Waals surface area contributed by atoms with Crippen LogP contribution < -0.4 is 0 Å². The lowest BCUT2D eigenvalue weighted by molar-refractivity contribution is -0.157. The van der Waals surface area contributed by atoms with Gasteiger partial charge < -0.3 is 24.6 Å². The van der Waals surface area contributed by atoms with Gasteiger partial charge in [-0.25, -0.2) is 9.78 Å². The topological polar surface area (TPSA) is 126 Å². The SMILES string of the molecule is Cc1csc(CN2C(=O)/C=C/[C@@H](O)[C@H](C)OC(=O)C[C@H](C)OC(=O)/C=C/[C@@H](O)[C@@H]2C)n1. The average molecular weight is 453 g/mol. The van der Waals surface area contributed by atoms with E-state index in [2.05, 4.69) is 4.98 Å². The number of esters is 2. The van der Waals surface area contributed by atoms with Crippen LogP contribution in [0.3, 0.4) is 0 Å². The summed E-state index contributed by atoms with van der Waals surface area (Å²) in [5.74, 6) is -1.87. The summed E-state index contributed by atoms with van der Waals surface area (Å²) >= 11 is 1.38. The minimum Gasteiger partial charge on any atom is -0.459 e. The molecule has 0 radical (unpaired) electrons. The molecule has 31 heavy (non-hydrogen) atoms. The summed E-state index contributed by atoms with van der Waals surface area (Å²) in [6, 6.07) is -0.705. The van der Waals surface area contributed by atoms with Gasteiger partial charge >= 0.3 is 11.9 Å². The van der Waals surface area contributed by atoms with Crippen LogP contribution in [0, 0.1) is 6.92 Å². The first-order valence-corrected chi connectivity index (χ1v) is 10.8. The van der Waals surface area contributed by atoms with Crippen molar-refractivity contribution in [3.63, 3.8) is 0 Å². The molecule has 1 aliphatic rings. The zero-order chi connectivity index (χ0) is 23.1. The van der Waals surface area contributed by atoms with E-state index in [4.69, 9.17) is 9.47 Å². The average Bonchev–Trinajstić information content (AvgIpc) is 3.11. The molecule has 2 rings (SSSR count). The number of carbonyl (C=O) groups is 3. The van der Waals surface area contributed by atoms with Crippen molar-refractivity contribution in [2.45, 2.75) is 71.1 Å². The number of aliphatic hydroxyl groups excluding tert-OH is 2. The summed E-state index contributed by atoms with van der Waals surface area (Å²) in [5, 5.41) is 23.3. The lowest BCUT2D eigenvalue weighted by atomic mass is 10.1. The third-order valence-corrected chi connectivity index (χ3v) is 5.63. The number of aliphatic hydroxyl groups is 2. The van der Waals surface area contributed by atoms with Gasteiger partial charge in [-0.15, -0.1) is 11.3 Å². The number of aromatic nitrogens is 1. The van der Waals surface area contributed by atoms with Gasteiger partial charge in [0, 0.05) is 23.2 Å². The second-order valence-corrected chi connectivity index (χ2v) is 8.38. The molecule has 2 heterocycles. The minimum absolute atomic E-state index is 0.135. The van der Waals surface area contributed by atoms with Crippen LogP contribution in [0.25, 0.3) is 0 Å². The third-order valence-electron chi connectivity index (χ3n) is 4.68. The summed E-state index contributed by atoms with van der Waals surface area (Å²) in [4.78, 5) is 42.6. The molecule has 170 valence electrons. The molecule has 10 heteroatoms. The van der Waals surface area contributed by atoms with E-state index in [-0.39, 0.29) is 13.0 Å². The Bertz CT molecular complexity index is 851. The molecule has 0 unspecified atom stereocenters. The fourth-order valence-electron chi connectivity index (χ4n) is 2.84. The van der Waals surface area contributed by atoms with Crippen LogP contribution in [-0.4, -0.2) is 68.4 Å². The predicted molar refractivity (Wildman–Crippen MR) is 113 cm³/mol. The van der Waals surface area contributed by atoms with E-state index in [9.17, 15) is 24.6 Å². The molecule has 1 aliphatic heterocycles. The highest BCUT2D eigenvalue weighted by Gasteiger charge is 2.26. The summed E-state index contributed by atoms with van der Waals surface area (Å²) in [7, 11) is 0. The molecular formula is C21H28N2O7S. The number of thiazole rings is 1. The van der Waals surface area contributed by atoms with Crippen LogP contribution in [0.1, 0.15) is 37.9 Å². The van der Waals surface area contributed by atoms with E-state index >= 15 is 0 Å². The maximum Gasteiger partial charge on any atom is 0.330 e. The van der Waals surface area contributed by atoms with Crippen LogP contribution in [0.4, 0.5) is 0 Å². The molecule has 0 bridgehead atoms. The Labute approximate surface area is 185 Å². The molecule has 2 N–H and O–H groups in total. The van der Waals surface area contributed by atoms with Gasteiger partial charge in [-0.2, -0.15) is 0 Å². The Morgan fingerprint density at radius 3 is 2.42 bits per heavy atom. The van der Waals surface area contributed by atoms with Crippen molar-refractivity contribution in [1.29, 1.82) is 0 Å². The molecule has 9 nitrogen and oxygen atoms in total. The zero-order valence-corrected chi connectivity index (χ0v) is 18.7. The van der Waals surface area contributed by atoms with E-state index < -0.39 is 48.3 Å². The molecule has 0 saturated carbocycles. The monoisotopic (exact) mass is 452 g/mol. The first-order valence-electron chi connectivity index (χ1n) is 9.91. The van der Waals surface area contributed by atoms with Gasteiger partial charge in [0.1, 0.15) is 23.3 Å². The Morgan fingerprint density at radius 2 is 1.77 bits per heavy atom. The first-order chi connectivity index (χ1) is 14.6. The number of ether oxygens (including phenoxy) is 2. The summed E-state index contributed by atoms with van der Waals surface area (Å²) in [5.41, 5.74) is 0.813. The molecule has 1 aromatic heterocycles. The number of nitrogens with zero attached hydrogens (tertiary/aromatic N) is 2. The lowest BCUT2D eigenvalue weighted by Gasteiger charge is -2.30. The van der Waals surface area contributed by atoms with Crippen molar-refractivity contribution < 1.29 is 34.1 Å². The zero-order valence-electron chi connectivity index (χ0n) is 17.9. The van der Waals surface area contributed by atoms with Crippen molar-refractivity contribution in [2.75, 3.05) is 0 Å². The van der Waals surface area contributed by atoms with Gasteiger partial charge in [0.2, 0.25) is 5.91 Å². The van der Waals surface area contributed by atoms with Crippen molar-refractivity contribution in [3.05, 3.63) is 40.4 Å². The highest BCUT2D eigenvalue weighted by molar-refractivity contribution is 7.09. The molecule has 5 atom stereocenters. The smallest absolute Gasteiger partial charge is 0.330 e. The van der Waals surface area contributed by atoms with E-state index in [1.165, 1.54) is 48.3 Å². The molecule has 1 amide bonds. The molecule has 0 saturated heterocycles. The third kappa shape index (κ3) is 7.57. The molecule has 0 fully saturated rings. The quantitative estimate of drug-likeness (QED) is 0.643. The molecule has 0 aliphatic carbocycles. The summed E-state index contributed by atoms with van der Waals surface area (Å²) in [6.45, 7) is 6.63. The van der Waals surface area contributed by atoms with Crippen molar-refractivity contribution >= 4 is 29.2 Å². The molecule has 0 spiro atoms. The van der Waals surface area contributed by atoms with Crippen LogP contribution >= 0.6 is 11.3 Å². The van der Waals surface area contributed by atoms with Gasteiger partial charge in [0.05, 0.1) is 25.1 Å². The largest absolute Gasteiger partial charge is 0.459 e. The Kier molecular flexibility index (Phi) is 8.90. The number of hydrogen-bond donors (Lipinski definition) is 2. The van der Waals surface area contributed by atoms with Gasteiger partial charge in [-0.3, -0.25) is 9.59 Å². The second kappa shape index (κ2) is 11.2.